The zero-order valence-corrected chi connectivity index (χ0v) is 29.0. The molecule has 4 aromatic carbocycles. The summed E-state index contributed by atoms with van der Waals surface area (Å²) in [6.07, 6.45) is 0.500. The number of carboxylic acid groups (broad SMARTS) is 2. The molecule has 4 N–H and O–H groups in total. The van der Waals surface area contributed by atoms with Crippen molar-refractivity contribution in [2.75, 3.05) is 13.2 Å². The van der Waals surface area contributed by atoms with Gasteiger partial charge in [-0.1, -0.05) is 60.7 Å². The highest BCUT2D eigenvalue weighted by Crippen LogP contribution is 2.27. The van der Waals surface area contributed by atoms with Gasteiger partial charge in [-0.3, -0.25) is 9.59 Å². The average Bonchev–Trinajstić information content (AvgIpc) is 3.10. The van der Waals surface area contributed by atoms with Gasteiger partial charge in [-0.05, 0) is 74.2 Å². The Morgan fingerprint density at radius 1 is 0.500 bits per heavy atom. The van der Waals surface area contributed by atoms with E-state index in [0.29, 0.717) is 22.3 Å². The molecule has 0 amide bonds. The Morgan fingerprint density at radius 3 is 1.12 bits per heavy atom. The van der Waals surface area contributed by atoms with Gasteiger partial charge in [0.2, 0.25) is 0 Å². The number of aliphatic hydroxyl groups is 2. The number of ether oxygens (including phenoxy) is 2. The van der Waals surface area contributed by atoms with Crippen LogP contribution in [0.15, 0.2) is 84.9 Å². The fraction of sp³-hybridized carbons (Fsp3) is 0.250. The maximum atomic E-state index is 13.1. The molecule has 0 fully saturated rings. The monoisotopic (exact) mass is 710 g/mol. The number of rotatable bonds is 15. The summed E-state index contributed by atoms with van der Waals surface area (Å²) < 4.78 is 10.8. The number of carboxylic acids is 2. The molecule has 0 aliphatic carbocycles. The standard InChI is InChI=1S/C40H38O12/c1-39(2,49)33(41)25-9-5-23(6-10-25)17-19-51-37(47)31-21-27(13-15-29(31)35(43)44)28-14-16-30(36(45)46)32(22-28)38(48)52-20-18-24-7-11-26(12-8-24)34(42)40(3,4)50/h5-16,21-22,49-50H,17-20H2,1-4H3,(H,43,44)(H,45,46). The maximum absolute atomic E-state index is 13.1. The minimum absolute atomic E-state index is 0.118. The highest BCUT2D eigenvalue weighted by atomic mass is 16.5. The number of carbonyl (C=O) groups is 6. The fourth-order valence-corrected chi connectivity index (χ4v) is 5.19. The highest BCUT2D eigenvalue weighted by molar-refractivity contribution is 6.05. The van der Waals surface area contributed by atoms with Crippen molar-refractivity contribution in [1.82, 2.24) is 0 Å². The van der Waals surface area contributed by atoms with Gasteiger partial charge in [-0.15, -0.1) is 0 Å². The summed E-state index contributed by atoms with van der Waals surface area (Å²) in [5.41, 5.74) is -1.58. The minimum atomic E-state index is -1.53. The van der Waals surface area contributed by atoms with E-state index < -0.39 is 46.6 Å². The SMILES string of the molecule is CC(C)(O)C(=O)c1ccc(CCOC(=O)c2cc(-c3ccc(C(=O)O)c(C(=O)OCCc4ccc(C(=O)C(C)(C)O)cc4)c3)ccc2C(=O)O)cc1. The molecule has 0 spiro atoms. The van der Waals surface area contributed by atoms with Crippen LogP contribution in [0.1, 0.15) is 101 Å². The van der Waals surface area contributed by atoms with Gasteiger partial charge in [-0.2, -0.15) is 0 Å². The summed E-state index contributed by atoms with van der Waals surface area (Å²) >= 11 is 0. The van der Waals surface area contributed by atoms with E-state index in [2.05, 4.69) is 0 Å². The molecule has 12 nitrogen and oxygen atoms in total. The Balaban J connectivity index is 1.48. The average molecular weight is 711 g/mol. The topological polar surface area (TPSA) is 202 Å². The van der Waals surface area contributed by atoms with Crippen LogP contribution in [0.3, 0.4) is 0 Å². The van der Waals surface area contributed by atoms with Crippen LogP contribution in [-0.2, 0) is 22.3 Å². The number of hydrogen-bond acceptors (Lipinski definition) is 10. The van der Waals surface area contributed by atoms with Crippen LogP contribution in [0.2, 0.25) is 0 Å². The molecule has 4 rings (SSSR count). The van der Waals surface area contributed by atoms with Crippen molar-refractivity contribution in [2.24, 2.45) is 0 Å². The number of hydrogen-bond donors (Lipinski definition) is 4. The number of ketones is 2. The molecule has 0 heterocycles. The van der Waals surface area contributed by atoms with E-state index in [1.807, 2.05) is 0 Å². The lowest BCUT2D eigenvalue weighted by molar-refractivity contribution is 0.0487. The molecule has 4 aromatic rings. The van der Waals surface area contributed by atoms with E-state index in [-0.39, 0.29) is 48.3 Å². The number of Topliss-reactive ketones (excluding diaryl/α,β-unsaturated/α-hetero) is 2. The molecule has 52 heavy (non-hydrogen) atoms. The molecule has 270 valence electrons. The third-order valence-electron chi connectivity index (χ3n) is 8.06. The van der Waals surface area contributed by atoms with Gasteiger partial charge in [0, 0.05) is 24.0 Å². The van der Waals surface area contributed by atoms with Crippen LogP contribution in [0.25, 0.3) is 11.1 Å². The van der Waals surface area contributed by atoms with Crippen LogP contribution in [0.4, 0.5) is 0 Å². The van der Waals surface area contributed by atoms with Crippen molar-refractivity contribution in [3.63, 3.8) is 0 Å². The zero-order valence-electron chi connectivity index (χ0n) is 29.0. The van der Waals surface area contributed by atoms with Crippen LogP contribution >= 0.6 is 0 Å². The van der Waals surface area contributed by atoms with Crippen LogP contribution in [0.5, 0.6) is 0 Å². The quantitative estimate of drug-likeness (QED) is 0.0898. The van der Waals surface area contributed by atoms with E-state index in [4.69, 9.17) is 9.47 Å². The van der Waals surface area contributed by atoms with Crippen molar-refractivity contribution in [2.45, 2.75) is 51.7 Å². The van der Waals surface area contributed by atoms with E-state index in [9.17, 15) is 49.2 Å². The fourth-order valence-electron chi connectivity index (χ4n) is 5.19. The molecule has 0 bridgehead atoms. The lowest BCUT2D eigenvalue weighted by atomic mass is 9.95. The summed E-state index contributed by atoms with van der Waals surface area (Å²) in [5.74, 6) is -5.51. The van der Waals surface area contributed by atoms with Gasteiger partial charge in [0.1, 0.15) is 11.2 Å². The molecule has 12 heteroatoms. The van der Waals surface area contributed by atoms with Gasteiger partial charge in [0.05, 0.1) is 35.5 Å². The van der Waals surface area contributed by atoms with E-state index >= 15 is 0 Å². The second kappa shape index (κ2) is 15.9. The first-order valence-corrected chi connectivity index (χ1v) is 16.2. The summed E-state index contributed by atoms with van der Waals surface area (Å²) in [5, 5.41) is 39.4. The van der Waals surface area contributed by atoms with Gasteiger partial charge >= 0.3 is 23.9 Å². The number of carbonyl (C=O) groups excluding carboxylic acids is 4. The molecule has 0 aliphatic heterocycles. The summed E-state index contributed by atoms with van der Waals surface area (Å²) in [7, 11) is 0. The smallest absolute Gasteiger partial charge is 0.339 e. The Hall–Kier alpha value is -5.98. The lowest BCUT2D eigenvalue weighted by Gasteiger charge is -2.15. The molecule has 0 radical (unpaired) electrons. The number of esters is 2. The first kappa shape index (κ1) is 38.8. The van der Waals surface area contributed by atoms with Gasteiger partial charge in [-0.25, -0.2) is 19.2 Å². The molecule has 0 unspecified atom stereocenters. The number of aromatic carboxylic acids is 2. The van der Waals surface area contributed by atoms with E-state index in [1.54, 1.807) is 48.5 Å². The zero-order chi connectivity index (χ0) is 38.4. The molecule has 0 saturated heterocycles. The normalized spacial score (nSPS) is 11.4. The summed E-state index contributed by atoms with van der Waals surface area (Å²) in [6, 6.07) is 20.6. The molecular weight excluding hydrogens is 672 g/mol. The predicted octanol–water partition coefficient (Wildman–Crippen LogP) is 5.46. The minimum Gasteiger partial charge on any atom is -0.478 e. The summed E-state index contributed by atoms with van der Waals surface area (Å²) in [4.78, 5) is 74.7. The van der Waals surface area contributed by atoms with Gasteiger partial charge < -0.3 is 29.9 Å². The van der Waals surface area contributed by atoms with Gasteiger partial charge in [0.25, 0.3) is 0 Å². The highest BCUT2D eigenvalue weighted by Gasteiger charge is 2.26. The first-order valence-electron chi connectivity index (χ1n) is 16.2. The van der Waals surface area contributed by atoms with Gasteiger partial charge in [0.15, 0.2) is 11.6 Å². The molecule has 0 aromatic heterocycles. The van der Waals surface area contributed by atoms with E-state index in [0.717, 1.165) is 11.1 Å². The Labute approximate surface area is 299 Å². The lowest BCUT2D eigenvalue weighted by Crippen LogP contribution is -2.31. The Bertz CT molecular complexity index is 1860. The van der Waals surface area contributed by atoms with Crippen molar-refractivity contribution in [3.05, 3.63) is 129 Å². The first-order chi connectivity index (χ1) is 24.4. The Kier molecular flexibility index (Phi) is 11.9. The summed E-state index contributed by atoms with van der Waals surface area (Å²) in [6.45, 7) is 5.32. The van der Waals surface area contributed by atoms with Crippen molar-refractivity contribution in [1.29, 1.82) is 0 Å². The van der Waals surface area contributed by atoms with Crippen LogP contribution in [0, 0.1) is 0 Å². The molecular formula is C40H38O12. The molecule has 0 atom stereocenters. The Morgan fingerprint density at radius 2 is 0.827 bits per heavy atom. The largest absolute Gasteiger partial charge is 0.478 e. The van der Waals surface area contributed by atoms with Crippen molar-refractivity contribution >= 4 is 35.4 Å². The van der Waals surface area contributed by atoms with Crippen molar-refractivity contribution < 1.29 is 58.7 Å². The maximum Gasteiger partial charge on any atom is 0.339 e. The third kappa shape index (κ3) is 9.62. The third-order valence-corrected chi connectivity index (χ3v) is 8.06. The van der Waals surface area contributed by atoms with E-state index in [1.165, 1.54) is 64.1 Å². The van der Waals surface area contributed by atoms with Crippen molar-refractivity contribution in [3.8, 4) is 11.1 Å². The second-order valence-corrected chi connectivity index (χ2v) is 13.1. The predicted molar refractivity (Wildman–Crippen MR) is 188 cm³/mol. The van der Waals surface area contributed by atoms with Crippen LogP contribution < -0.4 is 0 Å². The second-order valence-electron chi connectivity index (χ2n) is 13.1. The van der Waals surface area contributed by atoms with Crippen LogP contribution in [-0.4, -0.2) is 80.3 Å². The molecule has 0 saturated carbocycles. The molecule has 0 aliphatic rings. The number of benzene rings is 4.